The zero-order valence-electron chi connectivity index (χ0n) is 14.9. The molecule has 1 amide bonds. The van der Waals surface area contributed by atoms with Crippen molar-refractivity contribution in [1.29, 1.82) is 0 Å². The Morgan fingerprint density at radius 3 is 2.54 bits per heavy atom. The standard InChI is InChI=1S/C20H21N3O3/c1-3-23(20(24)16-12-8-9-13-17(16)25-4-2)14-18-21-19(22-26-18)15-10-6-5-7-11-15/h5-13H,3-4,14H2,1-2H3. The summed E-state index contributed by atoms with van der Waals surface area (Å²) in [6.07, 6.45) is 0. The highest BCUT2D eigenvalue weighted by Gasteiger charge is 2.21. The number of carbonyl (C=O) groups excluding carboxylic acids is 1. The zero-order chi connectivity index (χ0) is 18.4. The third-order valence-electron chi connectivity index (χ3n) is 3.91. The molecular formula is C20H21N3O3. The first-order chi connectivity index (χ1) is 12.7. The summed E-state index contributed by atoms with van der Waals surface area (Å²) < 4.78 is 10.9. The fraction of sp³-hybridized carbons (Fsp3) is 0.250. The largest absolute Gasteiger partial charge is 0.493 e. The van der Waals surface area contributed by atoms with E-state index in [1.807, 2.05) is 56.3 Å². The van der Waals surface area contributed by atoms with Crippen LogP contribution in [0, 0.1) is 0 Å². The van der Waals surface area contributed by atoms with Gasteiger partial charge in [-0.15, -0.1) is 0 Å². The quantitative estimate of drug-likeness (QED) is 0.648. The van der Waals surface area contributed by atoms with E-state index in [2.05, 4.69) is 10.1 Å². The first kappa shape index (κ1) is 17.7. The van der Waals surface area contributed by atoms with Crippen molar-refractivity contribution >= 4 is 5.91 Å². The highest BCUT2D eigenvalue weighted by atomic mass is 16.5. The van der Waals surface area contributed by atoms with Gasteiger partial charge in [-0.1, -0.05) is 47.6 Å². The predicted molar refractivity (Wildman–Crippen MR) is 97.8 cm³/mol. The lowest BCUT2D eigenvalue weighted by Crippen LogP contribution is -2.30. The van der Waals surface area contributed by atoms with Crippen LogP contribution in [0.2, 0.25) is 0 Å². The minimum absolute atomic E-state index is 0.129. The summed E-state index contributed by atoms with van der Waals surface area (Å²) in [5, 5.41) is 4.00. The van der Waals surface area contributed by atoms with Crippen LogP contribution in [-0.4, -0.2) is 34.1 Å². The van der Waals surface area contributed by atoms with Gasteiger partial charge in [-0.05, 0) is 26.0 Å². The molecule has 0 aliphatic rings. The van der Waals surface area contributed by atoms with Gasteiger partial charge in [0.05, 0.1) is 12.2 Å². The second-order valence-corrected chi connectivity index (χ2v) is 5.63. The van der Waals surface area contributed by atoms with Crippen molar-refractivity contribution in [2.75, 3.05) is 13.2 Å². The van der Waals surface area contributed by atoms with Crippen molar-refractivity contribution in [1.82, 2.24) is 15.0 Å². The van der Waals surface area contributed by atoms with Gasteiger partial charge < -0.3 is 14.2 Å². The molecule has 0 unspecified atom stereocenters. The SMILES string of the molecule is CCOc1ccccc1C(=O)N(CC)Cc1nc(-c2ccccc2)no1. The first-order valence-electron chi connectivity index (χ1n) is 8.62. The number of nitrogens with zero attached hydrogens (tertiary/aromatic N) is 3. The van der Waals surface area contributed by atoms with Gasteiger partial charge in [0, 0.05) is 12.1 Å². The van der Waals surface area contributed by atoms with Gasteiger partial charge in [0.2, 0.25) is 11.7 Å². The maximum atomic E-state index is 12.9. The lowest BCUT2D eigenvalue weighted by atomic mass is 10.1. The molecule has 0 aliphatic carbocycles. The fourth-order valence-electron chi connectivity index (χ4n) is 2.61. The summed E-state index contributed by atoms with van der Waals surface area (Å²) in [4.78, 5) is 19.0. The van der Waals surface area contributed by atoms with Crippen LogP contribution in [0.4, 0.5) is 0 Å². The van der Waals surface area contributed by atoms with Crippen molar-refractivity contribution in [2.24, 2.45) is 0 Å². The number of hydrogen-bond donors (Lipinski definition) is 0. The molecule has 0 aliphatic heterocycles. The average molecular weight is 351 g/mol. The molecule has 0 fully saturated rings. The van der Waals surface area contributed by atoms with Crippen LogP contribution in [-0.2, 0) is 6.54 Å². The molecule has 2 aromatic carbocycles. The summed E-state index contributed by atoms with van der Waals surface area (Å²) in [5.74, 6) is 1.36. The van der Waals surface area contributed by atoms with E-state index in [0.29, 0.717) is 36.2 Å². The molecule has 3 aromatic rings. The number of hydrogen-bond acceptors (Lipinski definition) is 5. The van der Waals surface area contributed by atoms with E-state index in [0.717, 1.165) is 5.56 Å². The van der Waals surface area contributed by atoms with Gasteiger partial charge in [-0.25, -0.2) is 0 Å². The van der Waals surface area contributed by atoms with Crippen molar-refractivity contribution in [3.8, 4) is 17.1 Å². The molecule has 0 bridgehead atoms. The smallest absolute Gasteiger partial charge is 0.258 e. The van der Waals surface area contributed by atoms with E-state index in [4.69, 9.17) is 9.26 Å². The number of rotatable bonds is 7. The monoisotopic (exact) mass is 351 g/mol. The Bertz CT molecular complexity index is 862. The molecule has 134 valence electrons. The van der Waals surface area contributed by atoms with Crippen molar-refractivity contribution in [3.05, 3.63) is 66.1 Å². The van der Waals surface area contributed by atoms with Crippen LogP contribution < -0.4 is 4.74 Å². The highest BCUT2D eigenvalue weighted by Crippen LogP contribution is 2.21. The highest BCUT2D eigenvalue weighted by molar-refractivity contribution is 5.96. The molecule has 0 spiro atoms. The van der Waals surface area contributed by atoms with E-state index in [1.165, 1.54) is 0 Å². The van der Waals surface area contributed by atoms with E-state index in [9.17, 15) is 4.79 Å². The minimum Gasteiger partial charge on any atom is -0.493 e. The zero-order valence-corrected chi connectivity index (χ0v) is 14.9. The molecule has 0 atom stereocenters. The number of amides is 1. The molecule has 0 N–H and O–H groups in total. The Morgan fingerprint density at radius 2 is 1.81 bits per heavy atom. The Hall–Kier alpha value is -3.15. The van der Waals surface area contributed by atoms with Crippen molar-refractivity contribution in [2.45, 2.75) is 20.4 Å². The first-order valence-corrected chi connectivity index (χ1v) is 8.62. The number of aromatic nitrogens is 2. The molecule has 0 saturated heterocycles. The lowest BCUT2D eigenvalue weighted by molar-refractivity contribution is 0.0730. The summed E-state index contributed by atoms with van der Waals surface area (Å²) in [6, 6.07) is 16.8. The average Bonchev–Trinajstić information content (AvgIpc) is 3.16. The molecule has 6 nitrogen and oxygen atoms in total. The maximum absolute atomic E-state index is 12.9. The van der Waals surface area contributed by atoms with Gasteiger partial charge in [-0.3, -0.25) is 4.79 Å². The van der Waals surface area contributed by atoms with E-state index >= 15 is 0 Å². The second kappa shape index (κ2) is 8.29. The Balaban J connectivity index is 1.78. The molecule has 6 heteroatoms. The van der Waals surface area contributed by atoms with Gasteiger partial charge in [0.1, 0.15) is 12.3 Å². The summed E-state index contributed by atoms with van der Waals surface area (Å²) in [6.45, 7) is 5.07. The summed E-state index contributed by atoms with van der Waals surface area (Å²) in [7, 11) is 0. The molecule has 3 rings (SSSR count). The Kier molecular flexibility index (Phi) is 5.63. The molecule has 1 heterocycles. The van der Waals surface area contributed by atoms with Crippen molar-refractivity contribution in [3.63, 3.8) is 0 Å². The third-order valence-corrected chi connectivity index (χ3v) is 3.91. The number of carbonyl (C=O) groups is 1. The topological polar surface area (TPSA) is 68.5 Å². The predicted octanol–water partition coefficient (Wildman–Crippen LogP) is 3.80. The second-order valence-electron chi connectivity index (χ2n) is 5.63. The van der Waals surface area contributed by atoms with Gasteiger partial charge in [0.15, 0.2) is 0 Å². The lowest BCUT2D eigenvalue weighted by Gasteiger charge is -2.20. The maximum Gasteiger partial charge on any atom is 0.258 e. The van der Waals surface area contributed by atoms with Crippen LogP contribution in [0.5, 0.6) is 5.75 Å². The van der Waals surface area contributed by atoms with Crippen LogP contribution in [0.15, 0.2) is 59.1 Å². The minimum atomic E-state index is -0.129. The Morgan fingerprint density at radius 1 is 1.08 bits per heavy atom. The van der Waals surface area contributed by atoms with Gasteiger partial charge in [-0.2, -0.15) is 4.98 Å². The summed E-state index contributed by atoms with van der Waals surface area (Å²) >= 11 is 0. The van der Waals surface area contributed by atoms with Gasteiger partial charge in [0.25, 0.3) is 5.91 Å². The molecule has 0 radical (unpaired) electrons. The number of ether oxygens (including phenoxy) is 1. The van der Waals surface area contributed by atoms with E-state index in [1.54, 1.807) is 17.0 Å². The van der Waals surface area contributed by atoms with E-state index < -0.39 is 0 Å². The number of para-hydroxylation sites is 1. The summed E-state index contributed by atoms with van der Waals surface area (Å²) in [5.41, 5.74) is 1.40. The Labute approximate surface area is 152 Å². The fourth-order valence-corrected chi connectivity index (χ4v) is 2.61. The van der Waals surface area contributed by atoms with E-state index in [-0.39, 0.29) is 12.5 Å². The molecule has 26 heavy (non-hydrogen) atoms. The normalized spacial score (nSPS) is 10.5. The third kappa shape index (κ3) is 3.91. The molecular weight excluding hydrogens is 330 g/mol. The van der Waals surface area contributed by atoms with Crippen LogP contribution in [0.3, 0.4) is 0 Å². The molecule has 1 aromatic heterocycles. The van der Waals surface area contributed by atoms with Crippen molar-refractivity contribution < 1.29 is 14.1 Å². The molecule has 0 saturated carbocycles. The van der Waals surface area contributed by atoms with Crippen LogP contribution in [0.25, 0.3) is 11.4 Å². The number of benzene rings is 2. The van der Waals surface area contributed by atoms with Gasteiger partial charge >= 0.3 is 0 Å². The van der Waals surface area contributed by atoms with Crippen LogP contribution in [0.1, 0.15) is 30.1 Å². The van der Waals surface area contributed by atoms with Crippen LogP contribution >= 0.6 is 0 Å².